The van der Waals surface area contributed by atoms with Crippen LogP contribution in [0.1, 0.15) is 53.0 Å². The number of nitriles is 1. The van der Waals surface area contributed by atoms with Crippen molar-refractivity contribution in [1.29, 1.82) is 5.26 Å². The summed E-state index contributed by atoms with van der Waals surface area (Å²) in [6.07, 6.45) is 3.40. The van der Waals surface area contributed by atoms with Gasteiger partial charge in [-0.15, -0.1) is 0 Å². The largest absolute Gasteiger partial charge is 0.481 e. The lowest BCUT2D eigenvalue weighted by Crippen LogP contribution is -2.61. The second-order valence-corrected chi connectivity index (χ2v) is 10.2. The fourth-order valence-electron chi connectivity index (χ4n) is 5.06. The number of nitrogens with one attached hydrogen (secondary N) is 2. The van der Waals surface area contributed by atoms with Crippen LogP contribution in [-0.4, -0.2) is 58.1 Å². The molecule has 0 aliphatic carbocycles. The number of nitrogens with zero attached hydrogens (tertiary/aromatic N) is 5. The van der Waals surface area contributed by atoms with Crippen molar-refractivity contribution >= 4 is 29.0 Å². The summed E-state index contributed by atoms with van der Waals surface area (Å²) in [7, 11) is 2.17. The van der Waals surface area contributed by atoms with Gasteiger partial charge in [0, 0.05) is 35.4 Å². The fraction of sp³-hybridized carbons (Fsp3) is 0.520. The Balaban J connectivity index is 1.56. The Labute approximate surface area is 201 Å². The Bertz CT molecular complexity index is 1120. The van der Waals surface area contributed by atoms with Crippen LogP contribution in [0.2, 0.25) is 0 Å². The first-order valence-corrected chi connectivity index (χ1v) is 11.7. The third-order valence-electron chi connectivity index (χ3n) is 7.03. The Morgan fingerprint density at radius 1 is 1.24 bits per heavy atom. The van der Waals surface area contributed by atoms with Crippen molar-refractivity contribution in [2.24, 2.45) is 0 Å². The number of amides is 1. The minimum absolute atomic E-state index is 0.0111. The minimum atomic E-state index is -0.0536. The molecule has 2 aliphatic rings. The number of fused-ring (bicyclic) bond motifs is 1. The lowest BCUT2D eigenvalue weighted by molar-refractivity contribution is -0.121. The van der Waals surface area contributed by atoms with E-state index < -0.39 is 0 Å². The number of aromatic nitrogens is 2. The molecule has 2 aliphatic heterocycles. The third-order valence-corrected chi connectivity index (χ3v) is 7.03. The average molecular weight is 464 g/mol. The number of hydrogen-bond acceptors (Lipinski definition) is 8. The maximum Gasteiger partial charge on any atom is 0.265 e. The van der Waals surface area contributed by atoms with Gasteiger partial charge in [0.05, 0.1) is 11.9 Å². The molecule has 4 rings (SSSR count). The maximum atomic E-state index is 12.1. The molecule has 1 aromatic carbocycles. The second kappa shape index (κ2) is 8.76. The smallest absolute Gasteiger partial charge is 0.265 e. The van der Waals surface area contributed by atoms with Crippen LogP contribution in [0, 0.1) is 11.3 Å². The Kier molecular flexibility index (Phi) is 6.13. The number of carbonyl (C=O) groups excluding carboxylic acids is 1. The molecule has 0 bridgehead atoms. The summed E-state index contributed by atoms with van der Waals surface area (Å²) in [5.74, 6) is 1.49. The summed E-state index contributed by atoms with van der Waals surface area (Å²) in [5, 5.41) is 16.4. The van der Waals surface area contributed by atoms with Crippen LogP contribution in [0.4, 0.5) is 23.1 Å². The predicted molar refractivity (Wildman–Crippen MR) is 133 cm³/mol. The number of piperidine rings is 1. The molecule has 1 amide bonds. The van der Waals surface area contributed by atoms with Crippen molar-refractivity contribution in [1.82, 2.24) is 14.9 Å². The van der Waals surface area contributed by atoms with Crippen molar-refractivity contribution in [2.45, 2.75) is 64.6 Å². The molecule has 3 heterocycles. The molecule has 9 heteroatoms. The third kappa shape index (κ3) is 4.50. The normalized spacial score (nSPS) is 19.7. The number of ether oxygens (including phenoxy) is 1. The van der Waals surface area contributed by atoms with Gasteiger partial charge in [-0.3, -0.25) is 9.69 Å². The average Bonchev–Trinajstić information content (AvgIpc) is 2.77. The maximum absolute atomic E-state index is 12.1. The molecule has 0 spiro atoms. The van der Waals surface area contributed by atoms with Crippen molar-refractivity contribution < 1.29 is 9.53 Å². The number of likely N-dealkylation sites (N-methyl/N-ethyl adjacent to an activating group) is 1. The van der Waals surface area contributed by atoms with Crippen LogP contribution >= 0.6 is 0 Å². The van der Waals surface area contributed by atoms with Gasteiger partial charge in [0.2, 0.25) is 5.95 Å². The zero-order valence-electron chi connectivity index (χ0n) is 20.8. The Hall–Kier alpha value is -3.38. The van der Waals surface area contributed by atoms with E-state index in [0.29, 0.717) is 29.6 Å². The van der Waals surface area contributed by atoms with Crippen molar-refractivity contribution in [3.05, 3.63) is 30.0 Å². The second-order valence-electron chi connectivity index (χ2n) is 10.2. The molecule has 1 fully saturated rings. The van der Waals surface area contributed by atoms with Crippen LogP contribution in [0.15, 0.2) is 24.4 Å². The first kappa shape index (κ1) is 23.8. The van der Waals surface area contributed by atoms with Crippen LogP contribution in [0.5, 0.6) is 5.75 Å². The first-order chi connectivity index (χ1) is 16.0. The monoisotopic (exact) mass is 463 g/mol. The van der Waals surface area contributed by atoms with E-state index in [1.54, 1.807) is 4.90 Å². The molecule has 1 saturated heterocycles. The molecule has 1 aromatic heterocycles. The molecule has 0 atom stereocenters. The molecular formula is C25H33N7O2. The molecule has 2 aromatic rings. The van der Waals surface area contributed by atoms with Gasteiger partial charge in [-0.25, -0.2) is 4.98 Å². The number of carbonyl (C=O) groups is 1. The first-order valence-electron chi connectivity index (χ1n) is 11.7. The molecule has 9 nitrogen and oxygen atoms in total. The molecular weight excluding hydrogens is 430 g/mol. The molecule has 2 N–H and O–H groups in total. The summed E-state index contributed by atoms with van der Waals surface area (Å²) < 4.78 is 5.62. The van der Waals surface area contributed by atoms with Gasteiger partial charge in [-0.1, -0.05) is 0 Å². The molecule has 0 unspecified atom stereocenters. The van der Waals surface area contributed by atoms with E-state index in [0.717, 1.165) is 24.2 Å². The van der Waals surface area contributed by atoms with E-state index in [1.165, 1.54) is 6.20 Å². The highest BCUT2D eigenvalue weighted by Gasteiger charge is 2.43. The van der Waals surface area contributed by atoms with Crippen LogP contribution in [0.25, 0.3) is 0 Å². The number of likely N-dealkylation sites (tertiary alicyclic amines) is 1. The van der Waals surface area contributed by atoms with Crippen LogP contribution < -0.4 is 20.3 Å². The standard InChI is InChI=1S/C25H33N7O2/c1-7-32-19-9-8-17(10-20(19)34-15-21(32)33)29-23-27-14-16(13-26)22(30-23)28-18-11-24(2,3)31(6)25(4,5)12-18/h8-10,14,18H,7,11-12,15H2,1-6H3,(H2,27,28,29,30). The quantitative estimate of drug-likeness (QED) is 0.688. The van der Waals surface area contributed by atoms with Crippen molar-refractivity contribution in [3.8, 4) is 11.8 Å². The lowest BCUT2D eigenvalue weighted by Gasteiger charge is -2.53. The Morgan fingerprint density at radius 3 is 2.59 bits per heavy atom. The molecule has 0 saturated carbocycles. The van der Waals surface area contributed by atoms with Gasteiger partial charge in [0.1, 0.15) is 23.2 Å². The molecule has 0 radical (unpaired) electrons. The topological polar surface area (TPSA) is 106 Å². The van der Waals surface area contributed by atoms with Gasteiger partial charge in [-0.2, -0.15) is 10.2 Å². The molecule has 34 heavy (non-hydrogen) atoms. The molecule has 180 valence electrons. The van der Waals surface area contributed by atoms with Crippen molar-refractivity contribution in [2.75, 3.05) is 35.7 Å². The van der Waals surface area contributed by atoms with Gasteiger partial charge in [0.25, 0.3) is 5.91 Å². The zero-order chi connectivity index (χ0) is 24.7. The number of anilines is 4. The highest BCUT2D eigenvalue weighted by Crippen LogP contribution is 2.38. The highest BCUT2D eigenvalue weighted by atomic mass is 16.5. The predicted octanol–water partition coefficient (Wildman–Crippen LogP) is 3.90. The summed E-state index contributed by atoms with van der Waals surface area (Å²) in [6, 6.07) is 7.92. The fourth-order valence-corrected chi connectivity index (χ4v) is 5.06. The van der Waals surface area contributed by atoms with E-state index in [9.17, 15) is 10.1 Å². The van der Waals surface area contributed by atoms with Gasteiger partial charge in [-0.05, 0) is 66.6 Å². The Morgan fingerprint density at radius 2 is 1.94 bits per heavy atom. The summed E-state index contributed by atoms with van der Waals surface area (Å²) >= 11 is 0. The van der Waals surface area contributed by atoms with E-state index in [-0.39, 0.29) is 29.6 Å². The zero-order valence-corrected chi connectivity index (χ0v) is 20.8. The SMILES string of the molecule is CCN1C(=O)COc2cc(Nc3ncc(C#N)c(NC4CC(C)(C)N(C)C(C)(C)C4)n3)ccc21. The summed E-state index contributed by atoms with van der Waals surface area (Å²) in [6.45, 7) is 11.5. The van der Waals surface area contributed by atoms with Crippen LogP contribution in [-0.2, 0) is 4.79 Å². The number of hydrogen-bond donors (Lipinski definition) is 2. The van der Waals surface area contributed by atoms with E-state index >= 15 is 0 Å². The lowest BCUT2D eigenvalue weighted by atomic mass is 9.77. The summed E-state index contributed by atoms with van der Waals surface area (Å²) in [4.78, 5) is 25.1. The van der Waals surface area contributed by atoms with Gasteiger partial charge < -0.3 is 20.3 Å². The van der Waals surface area contributed by atoms with E-state index in [1.807, 2.05) is 25.1 Å². The number of benzene rings is 1. The van der Waals surface area contributed by atoms with Gasteiger partial charge >= 0.3 is 0 Å². The highest BCUT2D eigenvalue weighted by molar-refractivity contribution is 5.98. The van der Waals surface area contributed by atoms with Gasteiger partial charge in [0.15, 0.2) is 6.61 Å². The van der Waals surface area contributed by atoms with Crippen LogP contribution in [0.3, 0.4) is 0 Å². The summed E-state index contributed by atoms with van der Waals surface area (Å²) in [5.41, 5.74) is 1.92. The van der Waals surface area contributed by atoms with E-state index in [4.69, 9.17) is 4.74 Å². The van der Waals surface area contributed by atoms with Crippen molar-refractivity contribution in [3.63, 3.8) is 0 Å². The minimum Gasteiger partial charge on any atom is -0.481 e. The number of rotatable bonds is 5. The van der Waals surface area contributed by atoms with E-state index in [2.05, 4.69) is 66.3 Å².